The van der Waals surface area contributed by atoms with E-state index in [1.807, 2.05) is 20.2 Å². The topological polar surface area (TPSA) is 53.6 Å². The van der Waals surface area contributed by atoms with Crippen LogP contribution >= 0.6 is 0 Å². The minimum Gasteiger partial charge on any atom is -0.353 e. The Morgan fingerprint density at radius 3 is 2.76 bits per heavy atom. The lowest BCUT2D eigenvalue weighted by Gasteiger charge is -2.05. The Bertz CT molecular complexity index is 595. The van der Waals surface area contributed by atoms with E-state index >= 15 is 0 Å². The predicted molar refractivity (Wildman–Crippen MR) is 62.3 cm³/mol. The molecule has 1 heterocycles. The number of hydrogen-bond donors (Lipinski definition) is 1. The monoisotopic (exact) mass is 230 g/mol. The minimum atomic E-state index is -0.529. The fourth-order valence-electron chi connectivity index (χ4n) is 1.56. The van der Waals surface area contributed by atoms with Crippen LogP contribution in [0.5, 0.6) is 0 Å². The zero-order chi connectivity index (χ0) is 12.4. The molecule has 2 aromatic rings. The summed E-state index contributed by atoms with van der Waals surface area (Å²) in [6, 6.07) is 6.19. The Morgan fingerprint density at radius 1 is 1.47 bits per heavy atom. The number of nitriles is 1. The fraction of sp³-hybridized carbons (Fsp3) is 0.167. The minimum absolute atomic E-state index is 0.0402. The zero-order valence-electron chi connectivity index (χ0n) is 9.53. The summed E-state index contributed by atoms with van der Waals surface area (Å²) in [5.74, 6) is -0.529. The maximum absolute atomic E-state index is 13.4. The van der Waals surface area contributed by atoms with Gasteiger partial charge in [0.1, 0.15) is 11.9 Å². The number of anilines is 2. The molecule has 0 atom stereocenters. The summed E-state index contributed by atoms with van der Waals surface area (Å²) in [5, 5.41) is 15.8. The Hall–Kier alpha value is -2.35. The number of halogens is 1. The molecule has 86 valence electrons. The van der Waals surface area contributed by atoms with Crippen molar-refractivity contribution in [1.82, 2.24) is 9.78 Å². The van der Waals surface area contributed by atoms with Crippen molar-refractivity contribution in [2.24, 2.45) is 7.05 Å². The van der Waals surface area contributed by atoms with Gasteiger partial charge in [-0.1, -0.05) is 0 Å². The molecule has 1 aromatic heterocycles. The van der Waals surface area contributed by atoms with E-state index in [0.717, 1.165) is 11.4 Å². The Labute approximate surface area is 98.3 Å². The zero-order valence-corrected chi connectivity index (χ0v) is 9.53. The third kappa shape index (κ3) is 2.26. The molecular weight excluding hydrogens is 219 g/mol. The summed E-state index contributed by atoms with van der Waals surface area (Å²) in [5.41, 5.74) is 2.28. The first-order valence-electron chi connectivity index (χ1n) is 5.07. The largest absolute Gasteiger partial charge is 0.353 e. The molecule has 0 bridgehead atoms. The van der Waals surface area contributed by atoms with Crippen LogP contribution in [0.4, 0.5) is 15.8 Å². The van der Waals surface area contributed by atoms with Crippen molar-refractivity contribution in [3.8, 4) is 6.07 Å². The molecule has 0 fully saturated rings. The lowest BCUT2D eigenvalue weighted by atomic mass is 10.2. The first kappa shape index (κ1) is 11.1. The van der Waals surface area contributed by atoms with Gasteiger partial charge in [0, 0.05) is 18.9 Å². The smallest absolute Gasteiger partial charge is 0.143 e. The van der Waals surface area contributed by atoms with E-state index in [1.54, 1.807) is 16.8 Å². The van der Waals surface area contributed by atoms with E-state index in [4.69, 9.17) is 5.26 Å². The van der Waals surface area contributed by atoms with Gasteiger partial charge in [0.15, 0.2) is 0 Å². The fourth-order valence-corrected chi connectivity index (χ4v) is 1.56. The van der Waals surface area contributed by atoms with Gasteiger partial charge in [-0.2, -0.15) is 10.4 Å². The molecule has 1 N–H and O–H groups in total. The quantitative estimate of drug-likeness (QED) is 0.862. The third-order valence-corrected chi connectivity index (χ3v) is 2.38. The Morgan fingerprint density at radius 2 is 2.24 bits per heavy atom. The number of aryl methyl sites for hydroxylation is 2. The predicted octanol–water partition coefficient (Wildman–Crippen LogP) is 2.48. The summed E-state index contributed by atoms with van der Waals surface area (Å²) in [7, 11) is 1.82. The van der Waals surface area contributed by atoms with E-state index in [2.05, 4.69) is 10.4 Å². The highest BCUT2D eigenvalue weighted by Gasteiger charge is 2.06. The van der Waals surface area contributed by atoms with Crippen molar-refractivity contribution in [1.29, 1.82) is 5.26 Å². The molecule has 0 unspecified atom stereocenters. The first-order chi connectivity index (χ1) is 8.10. The first-order valence-corrected chi connectivity index (χ1v) is 5.07. The van der Waals surface area contributed by atoms with Crippen LogP contribution in [0.3, 0.4) is 0 Å². The number of hydrogen-bond acceptors (Lipinski definition) is 3. The van der Waals surface area contributed by atoms with Crippen LogP contribution in [0.1, 0.15) is 11.3 Å². The van der Waals surface area contributed by atoms with Crippen LogP contribution in [0.2, 0.25) is 0 Å². The van der Waals surface area contributed by atoms with Gasteiger partial charge in [-0.25, -0.2) is 4.39 Å². The van der Waals surface area contributed by atoms with Gasteiger partial charge in [-0.05, 0) is 25.1 Å². The van der Waals surface area contributed by atoms with E-state index in [0.29, 0.717) is 5.69 Å². The second kappa shape index (κ2) is 4.26. The molecule has 0 aliphatic heterocycles. The molecule has 0 saturated carbocycles. The summed E-state index contributed by atoms with van der Waals surface area (Å²) in [6.07, 6.45) is 1.81. The molecule has 0 aliphatic carbocycles. The highest BCUT2D eigenvalue weighted by atomic mass is 19.1. The molecule has 0 aliphatic rings. The average molecular weight is 230 g/mol. The van der Waals surface area contributed by atoms with Gasteiger partial charge >= 0.3 is 0 Å². The lowest BCUT2D eigenvalue weighted by Crippen LogP contribution is -1.93. The lowest BCUT2D eigenvalue weighted by molar-refractivity contribution is 0.624. The maximum Gasteiger partial charge on any atom is 0.143 e. The van der Waals surface area contributed by atoms with Crippen molar-refractivity contribution in [3.63, 3.8) is 0 Å². The van der Waals surface area contributed by atoms with Crippen LogP contribution in [0, 0.1) is 24.1 Å². The Balaban J connectivity index is 2.28. The third-order valence-electron chi connectivity index (χ3n) is 2.38. The summed E-state index contributed by atoms with van der Waals surface area (Å²) < 4.78 is 15.1. The van der Waals surface area contributed by atoms with Gasteiger partial charge in [-0.15, -0.1) is 0 Å². The molecule has 0 radical (unpaired) electrons. The van der Waals surface area contributed by atoms with Gasteiger partial charge < -0.3 is 5.32 Å². The number of nitrogens with one attached hydrogen (secondary N) is 1. The normalized spacial score (nSPS) is 10.0. The standard InChI is InChI=1S/C12H11FN4/c1-8-12(7-17(2)16-8)15-10-4-3-9(6-14)11(13)5-10/h3-5,7,15H,1-2H3. The number of aromatic nitrogens is 2. The van der Waals surface area contributed by atoms with E-state index in [-0.39, 0.29) is 5.56 Å². The number of benzene rings is 1. The molecule has 0 spiro atoms. The van der Waals surface area contributed by atoms with Crippen LogP contribution in [0.25, 0.3) is 0 Å². The van der Waals surface area contributed by atoms with Crippen LogP contribution in [-0.2, 0) is 7.05 Å². The molecule has 5 heteroatoms. The number of rotatable bonds is 2. The molecule has 1 aromatic carbocycles. The number of nitrogens with zero attached hydrogens (tertiary/aromatic N) is 3. The van der Waals surface area contributed by atoms with Gasteiger partial charge in [-0.3, -0.25) is 4.68 Å². The van der Waals surface area contributed by atoms with E-state index in [1.165, 1.54) is 12.1 Å². The molecule has 2 rings (SSSR count). The summed E-state index contributed by atoms with van der Waals surface area (Å²) in [4.78, 5) is 0. The van der Waals surface area contributed by atoms with E-state index < -0.39 is 5.82 Å². The van der Waals surface area contributed by atoms with Crippen LogP contribution < -0.4 is 5.32 Å². The van der Waals surface area contributed by atoms with Crippen molar-refractivity contribution in [2.45, 2.75) is 6.92 Å². The SMILES string of the molecule is Cc1nn(C)cc1Nc1ccc(C#N)c(F)c1. The average Bonchev–Trinajstić information content (AvgIpc) is 2.58. The second-order valence-electron chi connectivity index (χ2n) is 3.73. The molecule has 0 saturated heterocycles. The van der Waals surface area contributed by atoms with Gasteiger partial charge in [0.25, 0.3) is 0 Å². The highest BCUT2D eigenvalue weighted by Crippen LogP contribution is 2.21. The maximum atomic E-state index is 13.4. The Kier molecular flexibility index (Phi) is 2.79. The van der Waals surface area contributed by atoms with Crippen LogP contribution in [-0.4, -0.2) is 9.78 Å². The van der Waals surface area contributed by atoms with Crippen molar-refractivity contribution in [3.05, 3.63) is 41.5 Å². The van der Waals surface area contributed by atoms with Crippen molar-refractivity contribution >= 4 is 11.4 Å². The summed E-state index contributed by atoms with van der Waals surface area (Å²) >= 11 is 0. The highest BCUT2D eigenvalue weighted by molar-refractivity contribution is 5.61. The van der Waals surface area contributed by atoms with E-state index in [9.17, 15) is 4.39 Å². The van der Waals surface area contributed by atoms with Gasteiger partial charge in [0.2, 0.25) is 0 Å². The second-order valence-corrected chi connectivity index (χ2v) is 3.73. The molecule has 0 amide bonds. The van der Waals surface area contributed by atoms with Crippen LogP contribution in [0.15, 0.2) is 24.4 Å². The summed E-state index contributed by atoms with van der Waals surface area (Å²) in [6.45, 7) is 1.86. The molecular formula is C12H11FN4. The molecule has 4 nitrogen and oxygen atoms in total. The van der Waals surface area contributed by atoms with Crippen molar-refractivity contribution in [2.75, 3.05) is 5.32 Å². The van der Waals surface area contributed by atoms with Gasteiger partial charge in [0.05, 0.1) is 16.9 Å². The van der Waals surface area contributed by atoms with Crippen molar-refractivity contribution < 1.29 is 4.39 Å². The molecule has 17 heavy (non-hydrogen) atoms.